The van der Waals surface area contributed by atoms with E-state index in [0.29, 0.717) is 29.2 Å². The molecule has 3 unspecified atom stereocenters. The molecule has 36 heavy (non-hydrogen) atoms. The number of aromatic nitrogens is 2. The Balaban J connectivity index is 1.16. The van der Waals surface area contributed by atoms with Crippen molar-refractivity contribution in [1.82, 2.24) is 24.5 Å². The zero-order chi connectivity index (χ0) is 25.4. The highest BCUT2D eigenvalue weighted by Crippen LogP contribution is 2.44. The Morgan fingerprint density at radius 3 is 2.61 bits per heavy atom. The van der Waals surface area contributed by atoms with Crippen molar-refractivity contribution in [3.63, 3.8) is 0 Å². The number of fused-ring (bicyclic) bond motifs is 3. The molecule has 0 spiro atoms. The topological polar surface area (TPSA) is 134 Å². The summed E-state index contributed by atoms with van der Waals surface area (Å²) in [7, 11) is -2.71. The van der Waals surface area contributed by atoms with Gasteiger partial charge in [-0.05, 0) is 67.3 Å². The lowest BCUT2D eigenvalue weighted by atomic mass is 9.95. The summed E-state index contributed by atoms with van der Waals surface area (Å²) in [4.78, 5) is 29.2. The molecule has 2 bridgehead atoms. The molecule has 0 saturated heterocycles. The Labute approximate surface area is 209 Å². The highest BCUT2D eigenvalue weighted by molar-refractivity contribution is 7.89. The van der Waals surface area contributed by atoms with Crippen LogP contribution in [0.4, 0.5) is 9.59 Å². The van der Waals surface area contributed by atoms with Crippen molar-refractivity contribution < 1.29 is 23.1 Å². The SMILES string of the molecule is CN(C(=O)NC1CC2CCC1C2)S(=O)(=O)c1ccc(CCNC(=O)n2cc3ncccc3c2O)cc1. The number of pyridine rings is 1. The Kier molecular flexibility index (Phi) is 6.33. The maximum absolute atomic E-state index is 13.0. The van der Waals surface area contributed by atoms with Crippen LogP contribution < -0.4 is 10.6 Å². The van der Waals surface area contributed by atoms with E-state index in [9.17, 15) is 23.1 Å². The first-order valence-corrected chi connectivity index (χ1v) is 13.5. The average molecular weight is 512 g/mol. The van der Waals surface area contributed by atoms with Crippen molar-refractivity contribution in [3.05, 3.63) is 54.4 Å². The van der Waals surface area contributed by atoms with Gasteiger partial charge in [-0.3, -0.25) is 4.98 Å². The summed E-state index contributed by atoms with van der Waals surface area (Å²) in [5, 5.41) is 16.4. The van der Waals surface area contributed by atoms with Gasteiger partial charge in [0.25, 0.3) is 10.0 Å². The number of urea groups is 1. The summed E-state index contributed by atoms with van der Waals surface area (Å²) >= 11 is 0. The van der Waals surface area contributed by atoms with Crippen LogP contribution in [0, 0.1) is 11.8 Å². The monoisotopic (exact) mass is 511 g/mol. The standard InChI is InChI=1S/C25H29N5O5S/c1-29(25(33)28-21-14-17-4-7-18(21)13-17)36(34,35)19-8-5-16(6-9-19)10-12-27-24(32)30-15-22-20(23(30)31)3-2-11-26-22/h2-3,5-6,8-9,11,15,17-18,21,31H,4,7,10,12-14H2,1H3,(H,27,32)(H,28,33). The smallest absolute Gasteiger partial charge is 0.331 e. The summed E-state index contributed by atoms with van der Waals surface area (Å²) in [6.45, 7) is 0.276. The molecule has 2 heterocycles. The first kappa shape index (κ1) is 24.1. The van der Waals surface area contributed by atoms with Crippen molar-refractivity contribution in [1.29, 1.82) is 0 Å². The van der Waals surface area contributed by atoms with E-state index in [1.807, 2.05) is 0 Å². The fraction of sp³-hybridized carbons (Fsp3) is 0.400. The number of carbonyl (C=O) groups excluding carboxylic acids is 2. The lowest BCUT2D eigenvalue weighted by molar-refractivity contribution is 0.218. The summed E-state index contributed by atoms with van der Waals surface area (Å²) in [5.74, 6) is 0.913. The van der Waals surface area contributed by atoms with Gasteiger partial charge in [0.2, 0.25) is 5.88 Å². The number of sulfonamides is 1. The number of benzene rings is 1. The lowest BCUT2D eigenvalue weighted by Crippen LogP contribution is -2.47. The third-order valence-electron chi connectivity index (χ3n) is 7.38. The van der Waals surface area contributed by atoms with Crippen LogP contribution in [0.2, 0.25) is 0 Å². The van der Waals surface area contributed by atoms with E-state index in [1.54, 1.807) is 30.5 Å². The number of hydrogen-bond acceptors (Lipinski definition) is 6. The van der Waals surface area contributed by atoms with Gasteiger partial charge < -0.3 is 15.7 Å². The number of carbonyl (C=O) groups is 2. The zero-order valence-corrected chi connectivity index (χ0v) is 20.7. The number of aromatic hydroxyl groups is 1. The predicted molar refractivity (Wildman–Crippen MR) is 133 cm³/mol. The molecule has 2 saturated carbocycles. The Bertz CT molecular complexity index is 1400. The van der Waals surface area contributed by atoms with E-state index in [1.165, 1.54) is 31.8 Å². The van der Waals surface area contributed by atoms with Crippen LogP contribution in [0.15, 0.2) is 53.7 Å². The summed E-state index contributed by atoms with van der Waals surface area (Å²) < 4.78 is 27.8. The molecule has 2 aliphatic carbocycles. The van der Waals surface area contributed by atoms with Gasteiger partial charge in [0.05, 0.1) is 15.8 Å². The minimum Gasteiger partial charge on any atom is -0.494 e. The number of amides is 3. The number of nitrogens with zero attached hydrogens (tertiary/aromatic N) is 3. The maximum Gasteiger partial charge on any atom is 0.331 e. The average Bonchev–Trinajstić information content (AvgIpc) is 3.59. The Morgan fingerprint density at radius 2 is 1.94 bits per heavy atom. The van der Waals surface area contributed by atoms with Crippen molar-refractivity contribution in [3.8, 4) is 5.88 Å². The molecule has 11 heteroatoms. The van der Waals surface area contributed by atoms with E-state index < -0.39 is 22.1 Å². The maximum atomic E-state index is 13.0. The highest BCUT2D eigenvalue weighted by Gasteiger charge is 2.41. The third-order valence-corrected chi connectivity index (χ3v) is 9.14. The molecule has 2 fully saturated rings. The largest absolute Gasteiger partial charge is 0.494 e. The van der Waals surface area contributed by atoms with Crippen LogP contribution in [0.5, 0.6) is 5.88 Å². The second-order valence-electron chi connectivity index (χ2n) is 9.59. The lowest BCUT2D eigenvalue weighted by Gasteiger charge is -2.26. The van der Waals surface area contributed by atoms with Crippen molar-refractivity contribution in [2.45, 2.75) is 43.0 Å². The molecule has 3 N–H and O–H groups in total. The van der Waals surface area contributed by atoms with Crippen molar-refractivity contribution >= 4 is 33.0 Å². The number of nitrogens with one attached hydrogen (secondary N) is 2. The molecule has 2 aliphatic rings. The molecular weight excluding hydrogens is 482 g/mol. The molecule has 1 aromatic carbocycles. The Morgan fingerprint density at radius 1 is 1.17 bits per heavy atom. The number of hydrogen-bond donors (Lipinski definition) is 3. The van der Waals surface area contributed by atoms with Gasteiger partial charge in [0, 0.05) is 32.0 Å². The summed E-state index contributed by atoms with van der Waals surface area (Å²) in [6, 6.07) is 8.55. The van der Waals surface area contributed by atoms with Gasteiger partial charge in [-0.2, -0.15) is 0 Å². The van der Waals surface area contributed by atoms with E-state index in [4.69, 9.17) is 0 Å². The zero-order valence-electron chi connectivity index (χ0n) is 19.9. The summed E-state index contributed by atoms with van der Waals surface area (Å²) in [6.07, 6.45) is 7.82. The minimum atomic E-state index is -3.98. The Hall–Kier alpha value is -3.60. The normalized spacial score (nSPS) is 21.0. The van der Waals surface area contributed by atoms with Crippen LogP contribution in [0.1, 0.15) is 31.2 Å². The molecular formula is C25H29N5O5S. The second-order valence-corrected chi connectivity index (χ2v) is 11.6. The fourth-order valence-electron chi connectivity index (χ4n) is 5.34. The van der Waals surface area contributed by atoms with Crippen LogP contribution in [0.25, 0.3) is 10.9 Å². The van der Waals surface area contributed by atoms with E-state index in [2.05, 4.69) is 15.6 Å². The predicted octanol–water partition coefficient (Wildman–Crippen LogP) is 3.06. The second kappa shape index (κ2) is 9.45. The molecule has 0 radical (unpaired) electrons. The van der Waals surface area contributed by atoms with Gasteiger partial charge in [0.1, 0.15) is 0 Å². The van der Waals surface area contributed by atoms with E-state index in [0.717, 1.165) is 33.7 Å². The molecule has 5 rings (SSSR count). The van der Waals surface area contributed by atoms with Crippen molar-refractivity contribution in [2.75, 3.05) is 13.6 Å². The molecule has 3 atom stereocenters. The first-order valence-electron chi connectivity index (χ1n) is 12.1. The van der Waals surface area contributed by atoms with Gasteiger partial charge in [0.15, 0.2) is 0 Å². The number of rotatable bonds is 6. The fourth-order valence-corrected chi connectivity index (χ4v) is 6.41. The minimum absolute atomic E-state index is 0.0253. The molecule has 3 amide bonds. The molecule has 10 nitrogen and oxygen atoms in total. The molecule has 190 valence electrons. The molecule has 2 aromatic heterocycles. The van der Waals surface area contributed by atoms with Crippen LogP contribution in [-0.2, 0) is 16.4 Å². The van der Waals surface area contributed by atoms with E-state index in [-0.39, 0.29) is 23.4 Å². The summed E-state index contributed by atoms with van der Waals surface area (Å²) in [5.41, 5.74) is 1.32. The van der Waals surface area contributed by atoms with Crippen LogP contribution >= 0.6 is 0 Å². The van der Waals surface area contributed by atoms with Crippen molar-refractivity contribution in [2.24, 2.45) is 11.8 Å². The van der Waals surface area contributed by atoms with Crippen LogP contribution in [0.3, 0.4) is 0 Å². The third kappa shape index (κ3) is 4.50. The van der Waals surface area contributed by atoms with Gasteiger partial charge >= 0.3 is 12.1 Å². The first-order chi connectivity index (χ1) is 17.2. The van der Waals surface area contributed by atoms with Gasteiger partial charge in [-0.15, -0.1) is 0 Å². The quantitative estimate of drug-likeness (QED) is 0.466. The van der Waals surface area contributed by atoms with Gasteiger partial charge in [-0.25, -0.2) is 26.9 Å². The van der Waals surface area contributed by atoms with Gasteiger partial charge in [-0.1, -0.05) is 18.6 Å². The van der Waals surface area contributed by atoms with Crippen LogP contribution in [-0.4, -0.2) is 59.1 Å². The highest BCUT2D eigenvalue weighted by atomic mass is 32.2. The van der Waals surface area contributed by atoms with E-state index >= 15 is 0 Å². The molecule has 3 aromatic rings. The molecule has 0 aliphatic heterocycles.